The molecule has 0 saturated heterocycles. The number of rotatable bonds is 9. The van der Waals surface area contributed by atoms with Crippen LogP contribution in [0.4, 0.5) is 17.1 Å². The van der Waals surface area contributed by atoms with Crippen LogP contribution in [0.15, 0.2) is 17.1 Å². The van der Waals surface area contributed by atoms with Crippen molar-refractivity contribution >= 4 is 39.5 Å². The number of aliphatic imine (C=N–C) groups is 1. The first-order valence-corrected chi connectivity index (χ1v) is 11.0. The minimum atomic E-state index is -0.462. The summed E-state index contributed by atoms with van der Waals surface area (Å²) >= 11 is 0. The number of nitrogens with one attached hydrogen (secondary N) is 1. The summed E-state index contributed by atoms with van der Waals surface area (Å²) < 4.78 is 22.5. The van der Waals surface area contributed by atoms with Gasteiger partial charge in [-0.25, -0.2) is 4.99 Å². The van der Waals surface area contributed by atoms with Crippen LogP contribution in [0, 0.1) is 0 Å². The van der Waals surface area contributed by atoms with Crippen molar-refractivity contribution in [3.05, 3.63) is 23.4 Å². The Bertz CT molecular complexity index is 1310. The predicted molar refractivity (Wildman–Crippen MR) is 130 cm³/mol. The molecule has 2 aromatic carbocycles. The summed E-state index contributed by atoms with van der Waals surface area (Å²) in [6.07, 6.45) is 1.47. The second-order valence-corrected chi connectivity index (χ2v) is 7.80. The highest BCUT2D eigenvalue weighted by Gasteiger charge is 2.37. The second kappa shape index (κ2) is 9.05. The molecule has 1 aliphatic heterocycles. The fourth-order valence-electron chi connectivity index (χ4n) is 3.95. The van der Waals surface area contributed by atoms with Gasteiger partial charge in [0.25, 0.3) is 0 Å². The Balaban J connectivity index is 1.93. The molecule has 6 N–H and O–H groups in total. The molecular formula is C24H28N4O6. The van der Waals surface area contributed by atoms with Crippen molar-refractivity contribution in [2.75, 3.05) is 38.9 Å². The third-order valence-electron chi connectivity index (χ3n) is 5.49. The lowest BCUT2D eigenvalue weighted by Crippen LogP contribution is -2.14. The van der Waals surface area contributed by atoms with Crippen molar-refractivity contribution in [1.82, 2.24) is 4.98 Å². The number of nitrogens with two attached hydrogens (primary N) is 2. The van der Waals surface area contributed by atoms with E-state index in [0.717, 1.165) is 12.8 Å². The first-order valence-electron chi connectivity index (χ1n) is 11.0. The van der Waals surface area contributed by atoms with E-state index >= 15 is 0 Å². The number of carbonyl (C=O) groups is 1. The van der Waals surface area contributed by atoms with Gasteiger partial charge in [0, 0.05) is 12.1 Å². The van der Waals surface area contributed by atoms with Gasteiger partial charge in [-0.05, 0) is 12.8 Å². The molecule has 34 heavy (non-hydrogen) atoms. The van der Waals surface area contributed by atoms with E-state index in [-0.39, 0.29) is 39.8 Å². The Labute approximate surface area is 196 Å². The highest BCUT2D eigenvalue weighted by atomic mass is 16.5. The number of ether oxygens (including phenoxy) is 4. The molecule has 0 atom stereocenters. The van der Waals surface area contributed by atoms with Crippen LogP contribution in [0.2, 0.25) is 0 Å². The topological polar surface area (TPSA) is 154 Å². The smallest absolute Gasteiger partial charge is 0.219 e. The van der Waals surface area contributed by atoms with Gasteiger partial charge in [0.1, 0.15) is 28.6 Å². The number of Topliss-reactive ketones (excluding diaryl/α,β-unsaturated/α-hetero) is 1. The van der Waals surface area contributed by atoms with Crippen LogP contribution in [0.1, 0.15) is 42.7 Å². The number of carbonyl (C=O) groups excluding carboxylic acids is 1. The van der Waals surface area contributed by atoms with E-state index in [1.165, 1.54) is 14.2 Å². The third-order valence-corrected chi connectivity index (χ3v) is 5.49. The quantitative estimate of drug-likeness (QED) is 0.344. The number of anilines is 2. The van der Waals surface area contributed by atoms with Gasteiger partial charge in [0.2, 0.25) is 5.78 Å². The number of aromatic amines is 1. The van der Waals surface area contributed by atoms with Crippen molar-refractivity contribution in [3.8, 4) is 28.7 Å². The van der Waals surface area contributed by atoms with Crippen LogP contribution in [-0.2, 0) is 0 Å². The average Bonchev–Trinajstić information content (AvgIpc) is 3.34. The summed E-state index contributed by atoms with van der Waals surface area (Å²) in [7, 11) is 2.95. The van der Waals surface area contributed by atoms with Gasteiger partial charge in [-0.3, -0.25) is 4.79 Å². The number of hydrogen-bond donors (Lipinski definition) is 4. The molecule has 0 saturated carbocycles. The Hall–Kier alpha value is -4.08. The summed E-state index contributed by atoms with van der Waals surface area (Å²) in [4.78, 5) is 21.2. The second-order valence-electron chi connectivity index (χ2n) is 7.80. The molecule has 0 aliphatic carbocycles. The molecule has 180 valence electrons. The lowest BCUT2D eigenvalue weighted by molar-refractivity contribution is 0.106. The minimum absolute atomic E-state index is 0.0176. The molecular weight excluding hydrogens is 440 g/mol. The highest BCUT2D eigenvalue weighted by Crippen LogP contribution is 2.49. The van der Waals surface area contributed by atoms with Crippen LogP contribution >= 0.6 is 0 Å². The zero-order valence-corrected chi connectivity index (χ0v) is 19.6. The van der Waals surface area contributed by atoms with Gasteiger partial charge < -0.3 is 40.5 Å². The Morgan fingerprint density at radius 3 is 2.18 bits per heavy atom. The van der Waals surface area contributed by atoms with Crippen molar-refractivity contribution in [3.63, 3.8) is 0 Å². The Morgan fingerprint density at radius 2 is 1.56 bits per heavy atom. The molecule has 0 spiro atoms. The Kier molecular flexibility index (Phi) is 6.14. The number of benzene rings is 2. The average molecular weight is 469 g/mol. The minimum Gasteiger partial charge on any atom is -0.505 e. The monoisotopic (exact) mass is 468 g/mol. The molecule has 10 heteroatoms. The van der Waals surface area contributed by atoms with Crippen LogP contribution in [0.25, 0.3) is 10.9 Å². The van der Waals surface area contributed by atoms with Crippen molar-refractivity contribution in [2.45, 2.75) is 26.7 Å². The summed E-state index contributed by atoms with van der Waals surface area (Å²) in [5.41, 5.74) is 13.9. The zero-order valence-electron chi connectivity index (χ0n) is 19.6. The van der Waals surface area contributed by atoms with Crippen molar-refractivity contribution in [1.29, 1.82) is 0 Å². The number of H-pyrrole nitrogens is 1. The number of nitrogen functional groups attached to an aromatic ring is 2. The van der Waals surface area contributed by atoms with Crippen molar-refractivity contribution in [2.24, 2.45) is 4.99 Å². The van der Waals surface area contributed by atoms with E-state index in [0.29, 0.717) is 47.1 Å². The lowest BCUT2D eigenvalue weighted by atomic mass is 10.0. The highest BCUT2D eigenvalue weighted by molar-refractivity contribution is 6.56. The van der Waals surface area contributed by atoms with Crippen molar-refractivity contribution < 1.29 is 28.8 Å². The normalized spacial score (nSPS) is 12.6. The SMILES string of the molecule is CCCOc1c(N)cc(OC)c2c1C(=O)C(c1[nH]c3c(OC)cc(N)c(OCCC)c3c1O)=N2. The fourth-order valence-corrected chi connectivity index (χ4v) is 3.95. The van der Waals surface area contributed by atoms with Gasteiger partial charge in [-0.15, -0.1) is 0 Å². The Morgan fingerprint density at radius 1 is 0.971 bits per heavy atom. The van der Waals surface area contributed by atoms with E-state index in [9.17, 15) is 9.90 Å². The van der Waals surface area contributed by atoms with Gasteiger partial charge in [0.05, 0.1) is 55.3 Å². The number of nitrogens with zero attached hydrogens (tertiary/aromatic N) is 1. The molecule has 0 amide bonds. The van der Waals surface area contributed by atoms with Gasteiger partial charge in [-0.1, -0.05) is 13.8 Å². The van der Waals surface area contributed by atoms with Gasteiger partial charge in [-0.2, -0.15) is 0 Å². The lowest BCUT2D eigenvalue weighted by Gasteiger charge is -2.14. The van der Waals surface area contributed by atoms with E-state index in [4.69, 9.17) is 30.4 Å². The van der Waals surface area contributed by atoms with Crippen LogP contribution < -0.4 is 30.4 Å². The number of ketones is 1. The van der Waals surface area contributed by atoms with Crippen LogP contribution in [-0.4, -0.2) is 49.0 Å². The van der Waals surface area contributed by atoms with Gasteiger partial charge >= 0.3 is 0 Å². The summed E-state index contributed by atoms with van der Waals surface area (Å²) in [5.74, 6) is 0.561. The molecule has 0 bridgehead atoms. The van der Waals surface area contributed by atoms with E-state index in [2.05, 4.69) is 9.98 Å². The molecule has 4 rings (SSSR count). The molecule has 1 aliphatic rings. The fraction of sp³-hybridized carbons (Fsp3) is 0.333. The van der Waals surface area contributed by atoms with Crippen LogP contribution in [0.3, 0.4) is 0 Å². The molecule has 2 heterocycles. The molecule has 0 unspecified atom stereocenters. The molecule has 3 aromatic rings. The largest absolute Gasteiger partial charge is 0.505 e. The third kappa shape index (κ3) is 3.51. The maximum Gasteiger partial charge on any atom is 0.219 e. The number of aromatic nitrogens is 1. The van der Waals surface area contributed by atoms with E-state index in [1.807, 2.05) is 13.8 Å². The summed E-state index contributed by atoms with van der Waals surface area (Å²) in [5, 5.41) is 11.5. The molecule has 1 aromatic heterocycles. The number of hydrogen-bond acceptors (Lipinski definition) is 9. The van der Waals surface area contributed by atoms with E-state index < -0.39 is 5.78 Å². The first kappa shape index (κ1) is 23.1. The molecule has 0 radical (unpaired) electrons. The van der Waals surface area contributed by atoms with Crippen LogP contribution in [0.5, 0.6) is 28.7 Å². The zero-order chi connectivity index (χ0) is 24.6. The first-order chi connectivity index (χ1) is 16.4. The number of aromatic hydroxyl groups is 1. The van der Waals surface area contributed by atoms with Gasteiger partial charge in [0.15, 0.2) is 17.2 Å². The maximum absolute atomic E-state index is 13.6. The number of fused-ring (bicyclic) bond motifs is 2. The summed E-state index contributed by atoms with van der Waals surface area (Å²) in [6, 6.07) is 3.16. The predicted octanol–water partition coefficient (Wildman–Crippen LogP) is 3.95. The molecule has 0 fully saturated rings. The molecule has 10 nitrogen and oxygen atoms in total. The maximum atomic E-state index is 13.6. The van der Waals surface area contributed by atoms with E-state index in [1.54, 1.807) is 12.1 Å². The summed E-state index contributed by atoms with van der Waals surface area (Å²) in [6.45, 7) is 4.67. The standard InChI is InChI=1S/C24H28N4O6/c1-5-7-33-23-11(25)9-13(31-3)17-15(23)21(29)19(27-17)20-22(30)16-18(28-20)14(32-4)10-12(26)24(16)34-8-6-2/h9-10,27,29H,5-8,25-26H2,1-4H3. The number of methoxy groups -OCH3 is 2.